The first-order valence-corrected chi connectivity index (χ1v) is 13.2. The Labute approximate surface area is 222 Å². The number of amides is 2. The van der Waals surface area contributed by atoms with E-state index in [-0.39, 0.29) is 23.7 Å². The van der Waals surface area contributed by atoms with Gasteiger partial charge in [0.25, 0.3) is 0 Å². The Morgan fingerprint density at radius 2 is 1.87 bits per heavy atom. The fraction of sp³-hybridized carbons (Fsp3) is 0.290. The molecule has 4 aromatic rings. The fourth-order valence-corrected chi connectivity index (χ4v) is 5.93. The summed E-state index contributed by atoms with van der Waals surface area (Å²) >= 11 is 0. The molecule has 0 bridgehead atoms. The third-order valence-electron chi connectivity index (χ3n) is 7.53. The van der Waals surface area contributed by atoms with Gasteiger partial charge in [-0.2, -0.15) is 0 Å². The first kappa shape index (κ1) is 25.4. The van der Waals surface area contributed by atoms with Crippen molar-refractivity contribution in [1.82, 2.24) is 9.55 Å². The lowest BCUT2D eigenvalue weighted by atomic mass is 9.80. The van der Waals surface area contributed by atoms with Crippen LogP contribution in [0.4, 0.5) is 11.5 Å². The number of benzene rings is 2. The lowest BCUT2D eigenvalue weighted by Crippen LogP contribution is -2.24. The third-order valence-corrected chi connectivity index (χ3v) is 7.53. The van der Waals surface area contributed by atoms with Crippen LogP contribution in [0, 0.1) is 0 Å². The molecule has 0 aliphatic heterocycles. The van der Waals surface area contributed by atoms with Crippen LogP contribution in [0.2, 0.25) is 0 Å². The SMILES string of the molecule is CC.CC1(c2cccnc2NC=O)Cc2ccc(NC(=O)Cn3cc4c5c(cccc53)C(=O)CC4)cc2C1. The number of aromatic nitrogens is 2. The fourth-order valence-electron chi connectivity index (χ4n) is 5.93. The standard InChI is InChI=1S/C29H26N4O3.C2H6/c1-29(23-5-3-11-30-28(23)31-17-34)13-18-7-9-21(12-20(18)14-29)32-26(36)16-33-15-19-8-10-25(35)22-4-2-6-24(33)27(19)22;1-2/h2-7,9,11-12,15,17H,8,10,13-14,16H2,1H3,(H,32,36)(H,30,31,34);1-2H3. The van der Waals surface area contributed by atoms with Gasteiger partial charge in [-0.05, 0) is 60.2 Å². The molecule has 194 valence electrons. The first-order valence-electron chi connectivity index (χ1n) is 13.2. The molecular weight excluding hydrogens is 476 g/mol. The molecule has 0 saturated heterocycles. The van der Waals surface area contributed by atoms with Gasteiger partial charge in [0.15, 0.2) is 5.78 Å². The lowest BCUT2D eigenvalue weighted by molar-refractivity contribution is -0.116. The second-order valence-corrected chi connectivity index (χ2v) is 10.0. The van der Waals surface area contributed by atoms with Gasteiger partial charge in [-0.15, -0.1) is 0 Å². The summed E-state index contributed by atoms with van der Waals surface area (Å²) in [6, 6.07) is 15.7. The Morgan fingerprint density at radius 1 is 1.05 bits per heavy atom. The van der Waals surface area contributed by atoms with E-state index in [2.05, 4.69) is 28.6 Å². The molecule has 2 heterocycles. The summed E-state index contributed by atoms with van der Waals surface area (Å²) in [5.74, 6) is 0.643. The Balaban J connectivity index is 0.00000144. The number of carbonyl (C=O) groups is 3. The van der Waals surface area contributed by atoms with Gasteiger partial charge in [0, 0.05) is 51.9 Å². The summed E-state index contributed by atoms with van der Waals surface area (Å²) in [5.41, 5.74) is 6.78. The third kappa shape index (κ3) is 4.49. The first-order chi connectivity index (χ1) is 18.4. The van der Waals surface area contributed by atoms with E-state index in [0.29, 0.717) is 25.1 Å². The van der Waals surface area contributed by atoms with Crippen molar-refractivity contribution >= 4 is 40.5 Å². The van der Waals surface area contributed by atoms with E-state index in [1.165, 1.54) is 11.1 Å². The highest BCUT2D eigenvalue weighted by Crippen LogP contribution is 2.42. The molecule has 2 aliphatic carbocycles. The summed E-state index contributed by atoms with van der Waals surface area (Å²) in [4.78, 5) is 40.7. The highest BCUT2D eigenvalue weighted by atomic mass is 16.2. The van der Waals surface area contributed by atoms with Crippen molar-refractivity contribution in [1.29, 1.82) is 0 Å². The van der Waals surface area contributed by atoms with Crippen LogP contribution in [0.1, 0.15) is 59.8 Å². The molecule has 0 radical (unpaired) electrons. The van der Waals surface area contributed by atoms with Gasteiger partial charge in [-0.25, -0.2) is 4.98 Å². The van der Waals surface area contributed by atoms with E-state index >= 15 is 0 Å². The number of carbonyl (C=O) groups excluding carboxylic acids is 3. The number of aryl methyl sites for hydroxylation is 1. The molecule has 0 spiro atoms. The van der Waals surface area contributed by atoms with Gasteiger partial charge in [0.05, 0.1) is 0 Å². The van der Waals surface area contributed by atoms with Crippen molar-refractivity contribution in [3.05, 3.63) is 88.7 Å². The predicted octanol–water partition coefficient (Wildman–Crippen LogP) is 5.45. The number of nitrogens with zero attached hydrogens (tertiary/aromatic N) is 2. The maximum absolute atomic E-state index is 13.0. The van der Waals surface area contributed by atoms with Gasteiger partial charge in [-0.3, -0.25) is 14.4 Å². The topological polar surface area (TPSA) is 93.1 Å². The molecule has 1 unspecified atom stereocenters. The molecule has 2 aliphatic rings. The van der Waals surface area contributed by atoms with Crippen molar-refractivity contribution in [2.24, 2.45) is 0 Å². The van der Waals surface area contributed by atoms with E-state index in [4.69, 9.17) is 0 Å². The highest BCUT2D eigenvalue weighted by Gasteiger charge is 2.36. The van der Waals surface area contributed by atoms with Crippen LogP contribution in [0.3, 0.4) is 0 Å². The zero-order valence-corrected chi connectivity index (χ0v) is 22.0. The summed E-state index contributed by atoms with van der Waals surface area (Å²) in [5, 5.41) is 6.76. The molecule has 2 aromatic heterocycles. The zero-order chi connectivity index (χ0) is 26.9. The highest BCUT2D eigenvalue weighted by molar-refractivity contribution is 6.11. The molecule has 2 N–H and O–H groups in total. The number of rotatable bonds is 6. The van der Waals surface area contributed by atoms with E-state index in [1.807, 2.05) is 67.1 Å². The molecular formula is C31H32N4O3. The number of hydrogen-bond donors (Lipinski definition) is 2. The minimum atomic E-state index is -0.202. The van der Waals surface area contributed by atoms with Gasteiger partial charge < -0.3 is 15.2 Å². The van der Waals surface area contributed by atoms with Gasteiger partial charge >= 0.3 is 0 Å². The molecule has 0 saturated carbocycles. The largest absolute Gasteiger partial charge is 0.338 e. The molecule has 7 heteroatoms. The molecule has 38 heavy (non-hydrogen) atoms. The van der Waals surface area contributed by atoms with E-state index in [9.17, 15) is 14.4 Å². The van der Waals surface area contributed by atoms with Gasteiger partial charge in [0.2, 0.25) is 12.3 Å². The molecule has 2 aromatic carbocycles. The second-order valence-electron chi connectivity index (χ2n) is 10.0. The zero-order valence-electron chi connectivity index (χ0n) is 22.0. The Kier molecular flexibility index (Phi) is 6.85. The van der Waals surface area contributed by atoms with Crippen molar-refractivity contribution in [3.63, 3.8) is 0 Å². The average Bonchev–Trinajstić information content (AvgIpc) is 3.45. The minimum absolute atomic E-state index is 0.111. The summed E-state index contributed by atoms with van der Waals surface area (Å²) < 4.78 is 1.94. The summed E-state index contributed by atoms with van der Waals surface area (Å²) in [6.45, 7) is 6.36. The Morgan fingerprint density at radius 3 is 2.68 bits per heavy atom. The second kappa shape index (κ2) is 10.2. The van der Waals surface area contributed by atoms with E-state index in [0.717, 1.165) is 46.1 Å². The maximum Gasteiger partial charge on any atom is 0.244 e. The van der Waals surface area contributed by atoms with Gasteiger partial charge in [-0.1, -0.05) is 45.0 Å². The van der Waals surface area contributed by atoms with Crippen LogP contribution in [-0.2, 0) is 40.8 Å². The number of hydrogen-bond acceptors (Lipinski definition) is 4. The van der Waals surface area contributed by atoms with Crippen molar-refractivity contribution in [2.45, 2.75) is 58.4 Å². The number of anilines is 2. The van der Waals surface area contributed by atoms with Crippen LogP contribution in [0.15, 0.2) is 60.9 Å². The molecule has 6 rings (SSSR count). The number of nitrogens with one attached hydrogen (secondary N) is 2. The molecule has 0 fully saturated rings. The maximum atomic E-state index is 13.0. The summed E-state index contributed by atoms with van der Waals surface area (Å²) in [7, 11) is 0. The molecule has 7 nitrogen and oxygen atoms in total. The summed E-state index contributed by atoms with van der Waals surface area (Å²) in [6.07, 6.45) is 7.18. The quantitative estimate of drug-likeness (QED) is 0.339. The van der Waals surface area contributed by atoms with Crippen LogP contribution in [0.5, 0.6) is 0 Å². The van der Waals surface area contributed by atoms with Gasteiger partial charge in [0.1, 0.15) is 12.4 Å². The van der Waals surface area contributed by atoms with Crippen molar-refractivity contribution in [2.75, 3.05) is 10.6 Å². The Hall–Kier alpha value is -4.26. The molecule has 2 amide bonds. The number of Topliss-reactive ketones (excluding diaryl/α,β-unsaturated/α-hetero) is 1. The number of fused-ring (bicyclic) bond motifs is 1. The smallest absolute Gasteiger partial charge is 0.244 e. The van der Waals surface area contributed by atoms with Crippen LogP contribution in [-0.4, -0.2) is 27.7 Å². The monoisotopic (exact) mass is 508 g/mol. The lowest BCUT2D eigenvalue weighted by Gasteiger charge is -2.26. The molecule has 1 atom stereocenters. The van der Waals surface area contributed by atoms with Crippen LogP contribution in [0.25, 0.3) is 10.9 Å². The average molecular weight is 509 g/mol. The predicted molar refractivity (Wildman–Crippen MR) is 150 cm³/mol. The van der Waals surface area contributed by atoms with Crippen molar-refractivity contribution < 1.29 is 14.4 Å². The normalized spacial score (nSPS) is 17.4. The van der Waals surface area contributed by atoms with E-state index in [1.54, 1.807) is 6.20 Å². The van der Waals surface area contributed by atoms with Crippen molar-refractivity contribution in [3.8, 4) is 0 Å². The van der Waals surface area contributed by atoms with Crippen LogP contribution < -0.4 is 10.6 Å². The minimum Gasteiger partial charge on any atom is -0.338 e. The number of ketones is 1. The van der Waals surface area contributed by atoms with E-state index < -0.39 is 0 Å². The number of pyridine rings is 1. The van der Waals surface area contributed by atoms with Crippen LogP contribution >= 0.6 is 0 Å². The Bertz CT molecular complexity index is 1550.